The second kappa shape index (κ2) is 4.42. The summed E-state index contributed by atoms with van der Waals surface area (Å²) in [5, 5.41) is 4.24. The summed E-state index contributed by atoms with van der Waals surface area (Å²) in [6, 6.07) is 2.34. The molecule has 1 rings (SSSR count). The highest BCUT2D eigenvalue weighted by atomic mass is 15.3. The van der Waals surface area contributed by atoms with E-state index in [1.54, 1.807) is 0 Å². The number of aryl methyl sites for hydroxylation is 1. The molecule has 2 N–H and O–H groups in total. The van der Waals surface area contributed by atoms with E-state index in [4.69, 9.17) is 5.73 Å². The number of nitrogens with zero attached hydrogens (tertiary/aromatic N) is 2. The van der Waals surface area contributed by atoms with Crippen LogP contribution in [0.5, 0.6) is 0 Å². The van der Waals surface area contributed by atoms with E-state index in [9.17, 15) is 0 Å². The smallest absolute Gasteiger partial charge is 0.0492 e. The van der Waals surface area contributed by atoms with Crippen molar-refractivity contribution in [3.05, 3.63) is 18.0 Å². The van der Waals surface area contributed by atoms with Crippen LogP contribution < -0.4 is 5.73 Å². The molecule has 74 valence electrons. The molecule has 1 aromatic heterocycles. The van der Waals surface area contributed by atoms with E-state index in [0.29, 0.717) is 5.92 Å². The SMILES string of the molecule is CCn1nccc1C(C)CC(C)N. The highest BCUT2D eigenvalue weighted by Gasteiger charge is 2.11. The van der Waals surface area contributed by atoms with E-state index in [1.165, 1.54) is 5.69 Å². The zero-order valence-electron chi connectivity index (χ0n) is 8.70. The van der Waals surface area contributed by atoms with Gasteiger partial charge in [-0.05, 0) is 32.3 Å². The topological polar surface area (TPSA) is 43.8 Å². The maximum Gasteiger partial charge on any atom is 0.0492 e. The minimum Gasteiger partial charge on any atom is -0.328 e. The summed E-state index contributed by atoms with van der Waals surface area (Å²) in [7, 11) is 0. The molecule has 0 amide bonds. The summed E-state index contributed by atoms with van der Waals surface area (Å²) in [5.74, 6) is 0.502. The number of hydrogen-bond donors (Lipinski definition) is 1. The molecule has 0 saturated carbocycles. The van der Waals surface area contributed by atoms with E-state index in [0.717, 1.165) is 13.0 Å². The molecule has 1 heterocycles. The second-order valence-corrected chi connectivity index (χ2v) is 3.69. The second-order valence-electron chi connectivity index (χ2n) is 3.69. The first-order chi connectivity index (χ1) is 6.15. The average molecular weight is 181 g/mol. The van der Waals surface area contributed by atoms with Crippen LogP contribution in [0.1, 0.15) is 38.8 Å². The van der Waals surface area contributed by atoms with Crippen LogP contribution in [0.4, 0.5) is 0 Å². The van der Waals surface area contributed by atoms with E-state index in [1.807, 2.05) is 17.8 Å². The molecular formula is C10H19N3. The summed E-state index contributed by atoms with van der Waals surface area (Å²) in [6.45, 7) is 7.29. The van der Waals surface area contributed by atoms with Gasteiger partial charge in [0.2, 0.25) is 0 Å². The van der Waals surface area contributed by atoms with Crippen molar-refractivity contribution in [2.24, 2.45) is 5.73 Å². The van der Waals surface area contributed by atoms with Crippen LogP contribution in [0, 0.1) is 0 Å². The fourth-order valence-corrected chi connectivity index (χ4v) is 1.70. The maximum absolute atomic E-state index is 5.76. The quantitative estimate of drug-likeness (QED) is 0.769. The molecule has 0 aliphatic carbocycles. The minimum absolute atomic E-state index is 0.259. The summed E-state index contributed by atoms with van der Waals surface area (Å²) in [5.41, 5.74) is 7.05. The van der Waals surface area contributed by atoms with Crippen LogP contribution >= 0.6 is 0 Å². The molecule has 0 aliphatic heterocycles. The minimum atomic E-state index is 0.259. The molecule has 2 atom stereocenters. The molecule has 0 saturated heterocycles. The Morgan fingerprint density at radius 1 is 1.54 bits per heavy atom. The lowest BCUT2D eigenvalue weighted by Gasteiger charge is -2.15. The van der Waals surface area contributed by atoms with Gasteiger partial charge in [0.05, 0.1) is 0 Å². The average Bonchev–Trinajstić information content (AvgIpc) is 2.49. The first kappa shape index (κ1) is 10.3. The van der Waals surface area contributed by atoms with Gasteiger partial charge in [-0.25, -0.2) is 0 Å². The molecule has 0 aliphatic rings. The summed E-state index contributed by atoms with van der Waals surface area (Å²) >= 11 is 0. The van der Waals surface area contributed by atoms with Gasteiger partial charge < -0.3 is 5.73 Å². The highest BCUT2D eigenvalue weighted by Crippen LogP contribution is 2.19. The molecule has 13 heavy (non-hydrogen) atoms. The Morgan fingerprint density at radius 2 is 2.23 bits per heavy atom. The number of aromatic nitrogens is 2. The Balaban J connectivity index is 2.69. The third kappa shape index (κ3) is 2.56. The van der Waals surface area contributed by atoms with Gasteiger partial charge >= 0.3 is 0 Å². The normalized spacial score (nSPS) is 15.7. The lowest BCUT2D eigenvalue weighted by Crippen LogP contribution is -2.19. The van der Waals surface area contributed by atoms with Crippen LogP contribution in [0.25, 0.3) is 0 Å². The van der Waals surface area contributed by atoms with Crippen LogP contribution in [0.3, 0.4) is 0 Å². The number of nitrogens with two attached hydrogens (primary N) is 1. The van der Waals surface area contributed by atoms with Crippen molar-refractivity contribution >= 4 is 0 Å². The maximum atomic E-state index is 5.76. The molecule has 0 fully saturated rings. The summed E-state index contributed by atoms with van der Waals surface area (Å²) < 4.78 is 2.03. The standard InChI is InChI=1S/C10H19N3/c1-4-13-10(5-6-12-13)8(2)7-9(3)11/h5-6,8-9H,4,7,11H2,1-3H3. The van der Waals surface area contributed by atoms with E-state index in [-0.39, 0.29) is 6.04 Å². The predicted molar refractivity (Wildman–Crippen MR) is 54.6 cm³/mol. The molecule has 2 unspecified atom stereocenters. The van der Waals surface area contributed by atoms with Crippen LogP contribution in [-0.4, -0.2) is 15.8 Å². The Hall–Kier alpha value is -0.830. The third-order valence-corrected chi connectivity index (χ3v) is 2.28. The van der Waals surface area contributed by atoms with Crippen LogP contribution in [0.15, 0.2) is 12.3 Å². The van der Waals surface area contributed by atoms with Crippen molar-refractivity contribution in [2.75, 3.05) is 0 Å². The van der Waals surface area contributed by atoms with Gasteiger partial charge in [0, 0.05) is 24.5 Å². The molecule has 0 bridgehead atoms. The molecule has 0 spiro atoms. The third-order valence-electron chi connectivity index (χ3n) is 2.28. The summed E-state index contributed by atoms with van der Waals surface area (Å²) in [4.78, 5) is 0. The molecule has 3 heteroatoms. The fraction of sp³-hybridized carbons (Fsp3) is 0.700. The van der Waals surface area contributed by atoms with Crippen LogP contribution in [-0.2, 0) is 6.54 Å². The van der Waals surface area contributed by atoms with Gasteiger partial charge in [0.1, 0.15) is 0 Å². The van der Waals surface area contributed by atoms with Crippen molar-refractivity contribution in [3.63, 3.8) is 0 Å². The van der Waals surface area contributed by atoms with Crippen molar-refractivity contribution in [2.45, 2.75) is 45.7 Å². The molecule has 0 aromatic carbocycles. The highest BCUT2D eigenvalue weighted by molar-refractivity contribution is 5.07. The first-order valence-corrected chi connectivity index (χ1v) is 4.92. The van der Waals surface area contributed by atoms with Gasteiger partial charge in [-0.3, -0.25) is 4.68 Å². The molecule has 0 radical (unpaired) electrons. The zero-order valence-corrected chi connectivity index (χ0v) is 8.70. The van der Waals surface area contributed by atoms with E-state index in [2.05, 4.69) is 25.0 Å². The van der Waals surface area contributed by atoms with Crippen molar-refractivity contribution in [3.8, 4) is 0 Å². The lowest BCUT2D eigenvalue weighted by atomic mass is 10.00. The Labute approximate surface area is 79.9 Å². The molecule has 1 aromatic rings. The van der Waals surface area contributed by atoms with Crippen molar-refractivity contribution in [1.82, 2.24) is 9.78 Å². The van der Waals surface area contributed by atoms with Gasteiger partial charge in [0.25, 0.3) is 0 Å². The lowest BCUT2D eigenvalue weighted by molar-refractivity contribution is 0.526. The predicted octanol–water partition coefficient (Wildman–Crippen LogP) is 1.74. The molecule has 3 nitrogen and oxygen atoms in total. The fourth-order valence-electron chi connectivity index (χ4n) is 1.70. The Kier molecular flexibility index (Phi) is 3.48. The zero-order chi connectivity index (χ0) is 9.84. The Morgan fingerprint density at radius 3 is 2.77 bits per heavy atom. The Bertz CT molecular complexity index is 252. The van der Waals surface area contributed by atoms with Gasteiger partial charge in [-0.2, -0.15) is 5.10 Å². The molecular weight excluding hydrogens is 162 g/mol. The van der Waals surface area contributed by atoms with Gasteiger partial charge in [-0.15, -0.1) is 0 Å². The van der Waals surface area contributed by atoms with Crippen molar-refractivity contribution in [1.29, 1.82) is 0 Å². The van der Waals surface area contributed by atoms with Crippen molar-refractivity contribution < 1.29 is 0 Å². The number of hydrogen-bond acceptors (Lipinski definition) is 2. The number of rotatable bonds is 4. The monoisotopic (exact) mass is 181 g/mol. The van der Waals surface area contributed by atoms with Gasteiger partial charge in [0.15, 0.2) is 0 Å². The van der Waals surface area contributed by atoms with E-state index < -0.39 is 0 Å². The van der Waals surface area contributed by atoms with Gasteiger partial charge in [-0.1, -0.05) is 6.92 Å². The first-order valence-electron chi connectivity index (χ1n) is 4.92. The van der Waals surface area contributed by atoms with Crippen LogP contribution in [0.2, 0.25) is 0 Å². The largest absolute Gasteiger partial charge is 0.328 e. The van der Waals surface area contributed by atoms with E-state index >= 15 is 0 Å². The summed E-state index contributed by atoms with van der Waals surface area (Å²) in [6.07, 6.45) is 2.88.